The molecule has 0 N–H and O–H groups in total. The van der Waals surface area contributed by atoms with Crippen molar-refractivity contribution in [2.75, 3.05) is 0 Å². The molecule has 1 heteroatoms. The summed E-state index contributed by atoms with van der Waals surface area (Å²) in [5, 5.41) is 0. The summed E-state index contributed by atoms with van der Waals surface area (Å²) in [6, 6.07) is 4.45. The zero-order valence-electron chi connectivity index (χ0n) is 7.65. The Kier molecular flexibility index (Phi) is 3.33. The molecule has 0 fully saturated rings. The summed E-state index contributed by atoms with van der Waals surface area (Å²) in [5.41, 5.74) is 4.03. The van der Waals surface area contributed by atoms with Crippen LogP contribution in [0.15, 0.2) is 16.6 Å². The van der Waals surface area contributed by atoms with E-state index >= 15 is 0 Å². The van der Waals surface area contributed by atoms with Crippen LogP contribution in [0.1, 0.15) is 23.1 Å². The number of hydrogen-bond acceptors (Lipinski definition) is 0. The Bertz CT molecular complexity index is 253. The molecule has 0 unspecified atom stereocenters. The van der Waals surface area contributed by atoms with Crippen molar-refractivity contribution in [3.8, 4) is 0 Å². The number of aryl methyl sites for hydroxylation is 3. The molecule has 1 radical (unpaired) electrons. The van der Waals surface area contributed by atoms with Crippen LogP contribution in [0.4, 0.5) is 0 Å². The molecule has 1 aromatic carbocycles. The van der Waals surface area contributed by atoms with E-state index in [1.807, 2.05) is 0 Å². The fourth-order valence-corrected chi connectivity index (χ4v) is 1.61. The summed E-state index contributed by atoms with van der Waals surface area (Å²) in [6.45, 7) is 8.11. The molecule has 0 amide bonds. The first-order valence-corrected chi connectivity index (χ1v) is 4.99. The van der Waals surface area contributed by atoms with Crippen molar-refractivity contribution in [1.82, 2.24) is 0 Å². The summed E-state index contributed by atoms with van der Waals surface area (Å²) in [4.78, 5) is 0. The molecule has 0 saturated carbocycles. The molecule has 1 aromatic rings. The third kappa shape index (κ3) is 2.10. The van der Waals surface area contributed by atoms with Crippen molar-refractivity contribution in [3.05, 3.63) is 40.2 Å². The minimum absolute atomic E-state index is 0.973. The van der Waals surface area contributed by atoms with Crippen molar-refractivity contribution in [3.63, 3.8) is 0 Å². The number of benzene rings is 1. The maximum atomic E-state index is 3.85. The lowest BCUT2D eigenvalue weighted by Crippen LogP contribution is -1.88. The van der Waals surface area contributed by atoms with Gasteiger partial charge in [0, 0.05) is 4.47 Å². The highest BCUT2D eigenvalue weighted by atomic mass is 79.9. The summed E-state index contributed by atoms with van der Waals surface area (Å²) < 4.78 is 1.23. The molecule has 65 valence electrons. The second-order valence-electron chi connectivity index (χ2n) is 3.15. The van der Waals surface area contributed by atoms with Gasteiger partial charge < -0.3 is 0 Å². The molecule has 0 atom stereocenters. The van der Waals surface area contributed by atoms with Gasteiger partial charge in [-0.15, -0.1) is 0 Å². The van der Waals surface area contributed by atoms with E-state index in [1.54, 1.807) is 0 Å². The summed E-state index contributed by atoms with van der Waals surface area (Å²) >= 11 is 3.55. The third-order valence-electron chi connectivity index (χ3n) is 1.96. The van der Waals surface area contributed by atoms with Gasteiger partial charge in [0.25, 0.3) is 0 Å². The smallest absolute Gasteiger partial charge is 0.0233 e. The molecule has 0 heterocycles. The molecule has 0 aromatic heterocycles. The Morgan fingerprint density at radius 2 is 1.75 bits per heavy atom. The van der Waals surface area contributed by atoms with E-state index in [4.69, 9.17) is 0 Å². The van der Waals surface area contributed by atoms with Crippen molar-refractivity contribution in [1.29, 1.82) is 0 Å². The Labute approximate surface area is 83.1 Å². The van der Waals surface area contributed by atoms with Crippen LogP contribution in [0.2, 0.25) is 0 Å². The van der Waals surface area contributed by atoms with E-state index in [0.717, 1.165) is 12.8 Å². The molecule has 0 spiro atoms. The molecule has 12 heavy (non-hydrogen) atoms. The fourth-order valence-electron chi connectivity index (χ4n) is 1.38. The molecular weight excluding hydrogens is 212 g/mol. The average molecular weight is 226 g/mol. The summed E-state index contributed by atoms with van der Waals surface area (Å²) in [6.07, 6.45) is 2.05. The van der Waals surface area contributed by atoms with E-state index < -0.39 is 0 Å². The zero-order chi connectivity index (χ0) is 9.14. The maximum absolute atomic E-state index is 3.85. The normalized spacial score (nSPS) is 10.3. The molecule has 0 aliphatic rings. The second kappa shape index (κ2) is 4.08. The fraction of sp³-hybridized carbons (Fsp3) is 0.364. The van der Waals surface area contributed by atoms with Gasteiger partial charge in [0.2, 0.25) is 0 Å². The lowest BCUT2D eigenvalue weighted by Gasteiger charge is -2.06. The first kappa shape index (κ1) is 9.79. The lowest BCUT2D eigenvalue weighted by molar-refractivity contribution is 0.991. The molecule has 0 nitrogen and oxygen atoms in total. The van der Waals surface area contributed by atoms with Crippen LogP contribution >= 0.6 is 15.9 Å². The Morgan fingerprint density at radius 3 is 2.17 bits per heavy atom. The molecule has 0 bridgehead atoms. The summed E-state index contributed by atoms with van der Waals surface area (Å²) in [5.74, 6) is 0. The van der Waals surface area contributed by atoms with Crippen LogP contribution < -0.4 is 0 Å². The minimum Gasteiger partial charge on any atom is -0.0550 e. The van der Waals surface area contributed by atoms with Gasteiger partial charge in [0.05, 0.1) is 0 Å². The highest BCUT2D eigenvalue weighted by molar-refractivity contribution is 9.10. The number of rotatable bonds is 2. The first-order chi connectivity index (χ1) is 5.65. The quantitative estimate of drug-likeness (QED) is 0.718. The zero-order valence-corrected chi connectivity index (χ0v) is 9.24. The van der Waals surface area contributed by atoms with Crippen LogP contribution in [0, 0.1) is 20.8 Å². The molecule has 0 aliphatic heterocycles. The van der Waals surface area contributed by atoms with E-state index in [1.165, 1.54) is 21.2 Å². The lowest BCUT2D eigenvalue weighted by atomic mass is 10.0. The van der Waals surface area contributed by atoms with Gasteiger partial charge in [-0.3, -0.25) is 0 Å². The highest BCUT2D eigenvalue weighted by Crippen LogP contribution is 2.22. The van der Waals surface area contributed by atoms with Crippen LogP contribution in [0.3, 0.4) is 0 Å². The predicted octanol–water partition coefficient (Wildman–Crippen LogP) is 3.83. The number of halogens is 1. The predicted molar refractivity (Wildman–Crippen MR) is 57.3 cm³/mol. The Morgan fingerprint density at radius 1 is 1.25 bits per heavy atom. The van der Waals surface area contributed by atoms with Gasteiger partial charge in [-0.05, 0) is 43.4 Å². The van der Waals surface area contributed by atoms with Crippen LogP contribution in [-0.2, 0) is 6.42 Å². The maximum Gasteiger partial charge on any atom is 0.0233 e. The van der Waals surface area contributed by atoms with E-state index in [2.05, 4.69) is 48.8 Å². The van der Waals surface area contributed by atoms with E-state index in [9.17, 15) is 0 Å². The van der Waals surface area contributed by atoms with Gasteiger partial charge in [0.1, 0.15) is 0 Å². The van der Waals surface area contributed by atoms with Gasteiger partial charge >= 0.3 is 0 Å². The van der Waals surface area contributed by atoms with Crippen LogP contribution in [0.5, 0.6) is 0 Å². The van der Waals surface area contributed by atoms with Crippen molar-refractivity contribution < 1.29 is 0 Å². The van der Waals surface area contributed by atoms with Crippen molar-refractivity contribution >= 4 is 15.9 Å². The Hall–Kier alpha value is -0.300. The number of hydrogen-bond donors (Lipinski definition) is 0. The topological polar surface area (TPSA) is 0 Å². The van der Waals surface area contributed by atoms with Crippen LogP contribution in [0.25, 0.3) is 0 Å². The van der Waals surface area contributed by atoms with Gasteiger partial charge in [-0.2, -0.15) is 0 Å². The third-order valence-corrected chi connectivity index (χ3v) is 3.21. The van der Waals surface area contributed by atoms with E-state index in [0.29, 0.717) is 0 Å². The first-order valence-electron chi connectivity index (χ1n) is 4.20. The second-order valence-corrected chi connectivity index (χ2v) is 3.94. The Balaban J connectivity index is 3.04. The van der Waals surface area contributed by atoms with Crippen LogP contribution in [-0.4, -0.2) is 0 Å². The highest BCUT2D eigenvalue weighted by Gasteiger charge is 2.00. The van der Waals surface area contributed by atoms with Gasteiger partial charge in [-0.1, -0.05) is 35.0 Å². The van der Waals surface area contributed by atoms with Gasteiger partial charge in [0.15, 0.2) is 0 Å². The monoisotopic (exact) mass is 225 g/mol. The largest absolute Gasteiger partial charge is 0.0550 e. The minimum atomic E-state index is 0.973. The molecule has 1 rings (SSSR count). The molecule has 0 saturated heterocycles. The SMILES string of the molecule is [CH2]CCc1cc(C)c(Br)c(C)c1. The summed E-state index contributed by atoms with van der Waals surface area (Å²) in [7, 11) is 0. The molecule has 0 aliphatic carbocycles. The van der Waals surface area contributed by atoms with E-state index in [-0.39, 0.29) is 0 Å². The molecular formula is C11H14Br. The van der Waals surface area contributed by atoms with Crippen molar-refractivity contribution in [2.24, 2.45) is 0 Å². The van der Waals surface area contributed by atoms with Gasteiger partial charge in [-0.25, -0.2) is 0 Å². The standard InChI is InChI=1S/C11H14Br/c1-4-5-10-6-8(2)11(12)9(3)7-10/h6-7H,1,4-5H2,2-3H3. The average Bonchev–Trinajstić information content (AvgIpc) is 2.01. The van der Waals surface area contributed by atoms with Crippen molar-refractivity contribution in [2.45, 2.75) is 26.7 Å².